The molecule has 0 bridgehead atoms. The third kappa shape index (κ3) is 3.98. The van der Waals surface area contributed by atoms with E-state index in [0.29, 0.717) is 69.3 Å². The van der Waals surface area contributed by atoms with Crippen molar-refractivity contribution >= 4 is 23.0 Å². The number of para-hydroxylation sites is 1. The molecule has 0 radical (unpaired) electrons. The average molecular weight is 406 g/mol. The van der Waals surface area contributed by atoms with E-state index in [-0.39, 0.29) is 5.91 Å². The van der Waals surface area contributed by atoms with E-state index in [1.54, 1.807) is 12.1 Å². The molecule has 30 heavy (non-hydrogen) atoms. The Labute approximate surface area is 175 Å². The minimum absolute atomic E-state index is 0.0817. The molecule has 1 N–H and O–H groups in total. The van der Waals surface area contributed by atoms with Crippen LogP contribution in [0.5, 0.6) is 0 Å². The van der Waals surface area contributed by atoms with Gasteiger partial charge in [0.05, 0.1) is 35.7 Å². The molecule has 2 aromatic rings. The van der Waals surface area contributed by atoms with E-state index < -0.39 is 0 Å². The highest BCUT2D eigenvalue weighted by Crippen LogP contribution is 2.27. The molecule has 2 aliphatic heterocycles. The first-order valence-electron chi connectivity index (χ1n) is 10.1. The van der Waals surface area contributed by atoms with Crippen molar-refractivity contribution in [2.24, 2.45) is 0 Å². The lowest BCUT2D eigenvalue weighted by Gasteiger charge is -2.37. The quantitative estimate of drug-likeness (QED) is 0.809. The normalized spacial score (nSPS) is 16.8. The molecule has 8 nitrogen and oxygen atoms in total. The summed E-state index contributed by atoms with van der Waals surface area (Å²) in [6, 6.07) is 14.9. The molecule has 0 spiro atoms. The second-order valence-electron chi connectivity index (χ2n) is 7.34. The SMILES string of the molecule is N#Cc1ccccc1N1CCN(C(=O)c2cc([NH+]=O)ccc2N2CCOCC2)CC1. The summed E-state index contributed by atoms with van der Waals surface area (Å²) in [5.41, 5.74) is 3.28. The van der Waals surface area contributed by atoms with Gasteiger partial charge >= 0.3 is 0 Å². The summed E-state index contributed by atoms with van der Waals surface area (Å²) in [6.07, 6.45) is 0. The molecule has 1 amide bonds. The molecule has 2 fully saturated rings. The van der Waals surface area contributed by atoms with Gasteiger partial charge in [-0.15, -0.1) is 0 Å². The van der Waals surface area contributed by atoms with E-state index in [2.05, 4.69) is 15.9 Å². The van der Waals surface area contributed by atoms with Crippen LogP contribution in [-0.2, 0) is 4.74 Å². The number of nitrogens with one attached hydrogen (secondary N) is 1. The second kappa shape index (κ2) is 8.93. The van der Waals surface area contributed by atoms with Crippen LogP contribution in [-0.4, -0.2) is 63.3 Å². The number of carbonyl (C=O) groups excluding carboxylic acids is 1. The lowest BCUT2D eigenvalue weighted by atomic mass is 10.1. The molecule has 154 valence electrons. The molecule has 0 aromatic heterocycles. The van der Waals surface area contributed by atoms with Crippen molar-refractivity contribution in [3.8, 4) is 6.07 Å². The maximum Gasteiger partial charge on any atom is 0.256 e. The van der Waals surface area contributed by atoms with Gasteiger partial charge in [0.1, 0.15) is 6.07 Å². The third-order valence-corrected chi connectivity index (χ3v) is 5.63. The predicted octanol–water partition coefficient (Wildman–Crippen LogP) is 0.836. The van der Waals surface area contributed by atoms with Gasteiger partial charge in [0, 0.05) is 61.5 Å². The van der Waals surface area contributed by atoms with Gasteiger partial charge in [0.25, 0.3) is 11.6 Å². The van der Waals surface area contributed by atoms with Crippen LogP contribution in [0.3, 0.4) is 0 Å². The number of ether oxygens (including phenoxy) is 1. The Morgan fingerprint density at radius 2 is 1.63 bits per heavy atom. The Morgan fingerprint density at radius 1 is 0.933 bits per heavy atom. The van der Waals surface area contributed by atoms with Gasteiger partial charge in [-0.05, 0) is 18.2 Å². The van der Waals surface area contributed by atoms with Crippen LogP contribution < -0.4 is 15.0 Å². The number of hydrogen-bond donors (Lipinski definition) is 1. The van der Waals surface area contributed by atoms with E-state index >= 15 is 0 Å². The van der Waals surface area contributed by atoms with Gasteiger partial charge in [0.15, 0.2) is 0 Å². The van der Waals surface area contributed by atoms with Crippen LogP contribution in [0.2, 0.25) is 0 Å². The highest BCUT2D eigenvalue weighted by atomic mass is 16.5. The number of amides is 1. The van der Waals surface area contributed by atoms with Gasteiger partial charge in [-0.2, -0.15) is 5.26 Å². The molecule has 4 rings (SSSR count). The maximum atomic E-state index is 13.4. The van der Waals surface area contributed by atoms with Crippen LogP contribution in [0.1, 0.15) is 15.9 Å². The number of benzene rings is 2. The lowest BCUT2D eigenvalue weighted by Crippen LogP contribution is -2.56. The number of anilines is 2. The summed E-state index contributed by atoms with van der Waals surface area (Å²) in [5, 5.41) is 11.2. The maximum absolute atomic E-state index is 13.4. The Bertz CT molecular complexity index is 973. The molecular weight excluding hydrogens is 382 g/mol. The van der Waals surface area contributed by atoms with E-state index in [0.717, 1.165) is 11.4 Å². The standard InChI is InChI=1S/C22H23N5O3/c23-16-17-3-1-2-4-20(17)25-7-9-27(10-8-25)22(28)19-15-18(24-29)5-6-21(19)26-11-13-30-14-12-26/h1-6,15H,7-14H2/p+1. The Hall–Kier alpha value is -3.44. The predicted molar refractivity (Wildman–Crippen MR) is 113 cm³/mol. The van der Waals surface area contributed by atoms with E-state index in [9.17, 15) is 15.0 Å². The van der Waals surface area contributed by atoms with E-state index in [1.807, 2.05) is 40.4 Å². The monoisotopic (exact) mass is 406 g/mol. The van der Waals surface area contributed by atoms with Crippen molar-refractivity contribution in [3.63, 3.8) is 0 Å². The second-order valence-corrected chi connectivity index (χ2v) is 7.34. The molecular formula is C22H24N5O3+. The fourth-order valence-corrected chi connectivity index (χ4v) is 4.02. The van der Waals surface area contributed by atoms with E-state index in [1.165, 1.54) is 0 Å². The minimum Gasteiger partial charge on any atom is -0.378 e. The number of nitroso groups, excluding NO2 is 1. The third-order valence-electron chi connectivity index (χ3n) is 5.63. The molecule has 0 unspecified atom stereocenters. The minimum atomic E-state index is -0.0817. The zero-order valence-corrected chi connectivity index (χ0v) is 16.7. The molecule has 2 aromatic carbocycles. The zero-order chi connectivity index (χ0) is 20.9. The lowest BCUT2D eigenvalue weighted by molar-refractivity contribution is -0.379. The largest absolute Gasteiger partial charge is 0.378 e. The molecule has 0 aliphatic carbocycles. The van der Waals surface area contributed by atoms with Gasteiger partial charge in [-0.3, -0.25) is 4.79 Å². The first-order valence-corrected chi connectivity index (χ1v) is 10.1. The van der Waals surface area contributed by atoms with Crippen LogP contribution in [0.25, 0.3) is 0 Å². The summed E-state index contributed by atoms with van der Waals surface area (Å²) in [4.78, 5) is 30.6. The van der Waals surface area contributed by atoms with Crippen LogP contribution in [0.4, 0.5) is 17.1 Å². The number of piperazine rings is 1. The number of nitriles is 1. The number of nitrogens with zero attached hydrogens (tertiary/aromatic N) is 4. The van der Waals surface area contributed by atoms with Gasteiger partial charge in [-0.1, -0.05) is 12.1 Å². The molecule has 2 saturated heterocycles. The van der Waals surface area contributed by atoms with Crippen LogP contribution in [0, 0.1) is 16.2 Å². The Morgan fingerprint density at radius 3 is 2.33 bits per heavy atom. The molecule has 0 atom stereocenters. The van der Waals surface area contributed by atoms with Crippen molar-refractivity contribution in [1.29, 1.82) is 5.26 Å². The number of rotatable bonds is 4. The molecule has 2 aliphatic rings. The molecule has 8 heteroatoms. The van der Waals surface area contributed by atoms with Crippen molar-refractivity contribution in [2.75, 3.05) is 62.3 Å². The smallest absolute Gasteiger partial charge is 0.256 e. The van der Waals surface area contributed by atoms with Crippen LogP contribution >= 0.6 is 0 Å². The van der Waals surface area contributed by atoms with Gasteiger partial charge < -0.3 is 19.4 Å². The highest BCUT2D eigenvalue weighted by molar-refractivity contribution is 6.00. The Balaban J connectivity index is 1.52. The topological polar surface area (TPSA) is 90.8 Å². The van der Waals surface area contributed by atoms with Crippen molar-refractivity contribution in [1.82, 2.24) is 4.90 Å². The fourth-order valence-electron chi connectivity index (χ4n) is 4.02. The zero-order valence-electron chi connectivity index (χ0n) is 16.7. The first-order chi connectivity index (χ1) is 14.7. The number of carbonyl (C=O) groups is 1. The summed E-state index contributed by atoms with van der Waals surface area (Å²) < 4.78 is 5.43. The molecule has 2 heterocycles. The molecule has 0 saturated carbocycles. The van der Waals surface area contributed by atoms with Crippen molar-refractivity contribution in [3.05, 3.63) is 58.5 Å². The summed E-state index contributed by atoms with van der Waals surface area (Å²) in [5.74, 6) is -0.0817. The summed E-state index contributed by atoms with van der Waals surface area (Å²) in [7, 11) is 0. The van der Waals surface area contributed by atoms with Gasteiger partial charge in [0.2, 0.25) is 0 Å². The first kappa shape index (κ1) is 19.9. The average Bonchev–Trinajstić information content (AvgIpc) is 2.83. The van der Waals surface area contributed by atoms with Gasteiger partial charge in [-0.25, -0.2) is 0 Å². The summed E-state index contributed by atoms with van der Waals surface area (Å²) in [6.45, 7) is 5.06. The number of morpholine rings is 1. The summed E-state index contributed by atoms with van der Waals surface area (Å²) >= 11 is 0. The van der Waals surface area contributed by atoms with Crippen LogP contribution in [0.15, 0.2) is 42.5 Å². The van der Waals surface area contributed by atoms with Crippen molar-refractivity contribution < 1.29 is 14.7 Å². The number of hydrogen-bond acceptors (Lipinski definition) is 6. The Kier molecular flexibility index (Phi) is 5.91. The van der Waals surface area contributed by atoms with E-state index in [4.69, 9.17) is 4.74 Å². The van der Waals surface area contributed by atoms with Crippen molar-refractivity contribution in [2.45, 2.75) is 0 Å². The fraction of sp³-hybridized carbons (Fsp3) is 0.364. The highest BCUT2D eigenvalue weighted by Gasteiger charge is 2.27.